The summed E-state index contributed by atoms with van der Waals surface area (Å²) >= 11 is 5.84. The van der Waals surface area contributed by atoms with Gasteiger partial charge in [-0.15, -0.1) is 0 Å². The Bertz CT molecular complexity index is 755. The Morgan fingerprint density at radius 3 is 2.70 bits per heavy atom. The minimum atomic E-state index is -0.591. The van der Waals surface area contributed by atoms with Crippen LogP contribution in [0.1, 0.15) is 55.1 Å². The lowest BCUT2D eigenvalue weighted by atomic mass is 9.92. The van der Waals surface area contributed by atoms with Crippen molar-refractivity contribution in [3.8, 4) is 0 Å². The number of furan rings is 1. The molecule has 2 heterocycles. The number of nitrogens with zero attached hydrogens (tertiary/aromatic N) is 2. The first-order valence-electron chi connectivity index (χ1n) is 9.30. The van der Waals surface area contributed by atoms with Crippen molar-refractivity contribution in [3.63, 3.8) is 0 Å². The maximum atomic E-state index is 13.2. The predicted molar refractivity (Wildman–Crippen MR) is 102 cm³/mol. The summed E-state index contributed by atoms with van der Waals surface area (Å²) in [5.41, 5.74) is 0.440. The molecule has 2 aromatic rings. The van der Waals surface area contributed by atoms with E-state index in [2.05, 4.69) is 10.3 Å². The smallest absolute Gasteiger partial charge is 0.256 e. The zero-order valence-electron chi connectivity index (χ0n) is 15.4. The zero-order valence-corrected chi connectivity index (χ0v) is 16.1. The average Bonchev–Trinajstić information content (AvgIpc) is 3.21. The van der Waals surface area contributed by atoms with E-state index in [4.69, 9.17) is 16.0 Å². The molecule has 0 spiro atoms. The zero-order chi connectivity index (χ0) is 19.2. The molecule has 0 aliphatic heterocycles. The third-order valence-corrected chi connectivity index (χ3v) is 5.21. The molecule has 1 N–H and O–H groups in total. The molecule has 1 atom stereocenters. The van der Waals surface area contributed by atoms with Crippen molar-refractivity contribution in [2.75, 3.05) is 0 Å². The van der Waals surface area contributed by atoms with E-state index in [-0.39, 0.29) is 17.9 Å². The molecule has 2 amide bonds. The van der Waals surface area contributed by atoms with Gasteiger partial charge in [-0.2, -0.15) is 0 Å². The molecule has 1 unspecified atom stereocenters. The van der Waals surface area contributed by atoms with Crippen LogP contribution in [0.4, 0.5) is 0 Å². The number of nitrogens with one attached hydrogen (secondary N) is 1. The van der Waals surface area contributed by atoms with E-state index in [0.29, 0.717) is 23.0 Å². The van der Waals surface area contributed by atoms with E-state index in [9.17, 15) is 9.59 Å². The monoisotopic (exact) mass is 389 g/mol. The van der Waals surface area contributed by atoms with E-state index < -0.39 is 6.04 Å². The number of amides is 2. The van der Waals surface area contributed by atoms with E-state index in [1.807, 2.05) is 0 Å². The van der Waals surface area contributed by atoms with E-state index >= 15 is 0 Å². The average molecular weight is 390 g/mol. The standard InChI is InChI=1S/C20H24ClN3O3/c1-14(19(25)23-13-17-8-5-11-27-17)24(16-6-3-2-4-7-16)20(26)15-9-10-18(21)22-12-15/h5,8-12,14,16H,2-4,6-7,13H2,1H3,(H,23,25). The summed E-state index contributed by atoms with van der Waals surface area (Å²) in [5, 5.41) is 3.19. The number of carbonyl (C=O) groups excluding carboxylic acids is 2. The number of hydrogen-bond acceptors (Lipinski definition) is 4. The number of carbonyl (C=O) groups is 2. The van der Waals surface area contributed by atoms with Gasteiger partial charge < -0.3 is 14.6 Å². The highest BCUT2D eigenvalue weighted by molar-refractivity contribution is 6.29. The van der Waals surface area contributed by atoms with E-state index in [1.54, 1.807) is 42.4 Å². The summed E-state index contributed by atoms with van der Waals surface area (Å²) in [4.78, 5) is 31.6. The largest absolute Gasteiger partial charge is 0.467 e. The summed E-state index contributed by atoms with van der Waals surface area (Å²) in [6.45, 7) is 2.07. The molecule has 1 aliphatic carbocycles. The summed E-state index contributed by atoms with van der Waals surface area (Å²) in [6.07, 6.45) is 8.14. The number of hydrogen-bond donors (Lipinski definition) is 1. The van der Waals surface area contributed by atoms with Crippen LogP contribution in [-0.4, -0.2) is 33.8 Å². The number of pyridine rings is 1. The molecule has 144 valence electrons. The fourth-order valence-electron chi connectivity index (χ4n) is 3.53. The highest BCUT2D eigenvalue weighted by atomic mass is 35.5. The van der Waals surface area contributed by atoms with Gasteiger partial charge >= 0.3 is 0 Å². The highest BCUT2D eigenvalue weighted by Crippen LogP contribution is 2.26. The molecule has 2 aromatic heterocycles. The fraction of sp³-hybridized carbons (Fsp3) is 0.450. The summed E-state index contributed by atoms with van der Waals surface area (Å²) in [5.74, 6) is 0.284. The van der Waals surface area contributed by atoms with Crippen LogP contribution >= 0.6 is 11.6 Å². The molecule has 0 saturated heterocycles. The Hall–Kier alpha value is -2.34. The van der Waals surface area contributed by atoms with Crippen LogP contribution < -0.4 is 5.32 Å². The van der Waals surface area contributed by atoms with E-state index in [0.717, 1.165) is 25.7 Å². The van der Waals surface area contributed by atoms with Gasteiger partial charge in [0.1, 0.15) is 17.0 Å². The van der Waals surface area contributed by atoms with Gasteiger partial charge in [-0.3, -0.25) is 9.59 Å². The second-order valence-electron chi connectivity index (χ2n) is 6.85. The maximum Gasteiger partial charge on any atom is 0.256 e. The lowest BCUT2D eigenvalue weighted by Gasteiger charge is -2.38. The van der Waals surface area contributed by atoms with Gasteiger partial charge in [0.2, 0.25) is 5.91 Å². The van der Waals surface area contributed by atoms with Gasteiger partial charge in [-0.1, -0.05) is 30.9 Å². The third kappa shape index (κ3) is 4.89. The van der Waals surface area contributed by atoms with Gasteiger partial charge in [-0.25, -0.2) is 4.98 Å². The van der Waals surface area contributed by atoms with Gasteiger partial charge in [0.25, 0.3) is 5.91 Å². The third-order valence-electron chi connectivity index (χ3n) is 4.99. The van der Waals surface area contributed by atoms with Crippen molar-refractivity contribution in [2.45, 2.75) is 57.7 Å². The lowest BCUT2D eigenvalue weighted by molar-refractivity contribution is -0.126. The summed E-state index contributed by atoms with van der Waals surface area (Å²) in [7, 11) is 0. The van der Waals surface area contributed by atoms with Gasteiger partial charge in [0.15, 0.2) is 0 Å². The van der Waals surface area contributed by atoms with Crippen LogP contribution in [0, 0.1) is 0 Å². The van der Waals surface area contributed by atoms with Gasteiger partial charge in [0, 0.05) is 12.2 Å². The van der Waals surface area contributed by atoms with Crippen molar-refractivity contribution < 1.29 is 14.0 Å². The minimum Gasteiger partial charge on any atom is -0.467 e. The van der Waals surface area contributed by atoms with E-state index in [1.165, 1.54) is 12.6 Å². The van der Waals surface area contributed by atoms with Crippen LogP contribution in [-0.2, 0) is 11.3 Å². The second kappa shape index (κ2) is 9.04. The highest BCUT2D eigenvalue weighted by Gasteiger charge is 2.33. The number of aromatic nitrogens is 1. The van der Waals surface area contributed by atoms with Crippen LogP contribution in [0.25, 0.3) is 0 Å². The molecule has 1 fully saturated rings. The molecule has 3 rings (SSSR count). The second-order valence-corrected chi connectivity index (χ2v) is 7.23. The molecule has 7 heteroatoms. The summed E-state index contributed by atoms with van der Waals surface area (Å²) in [6, 6.07) is 6.28. The first-order chi connectivity index (χ1) is 13.1. The molecule has 1 aliphatic rings. The van der Waals surface area contributed by atoms with Crippen LogP contribution in [0.3, 0.4) is 0 Å². The molecule has 6 nitrogen and oxygen atoms in total. The quantitative estimate of drug-likeness (QED) is 0.762. The van der Waals surface area contributed by atoms with Crippen molar-refractivity contribution in [2.24, 2.45) is 0 Å². The topological polar surface area (TPSA) is 75.4 Å². The van der Waals surface area contributed by atoms with Gasteiger partial charge in [0.05, 0.1) is 18.4 Å². The Kier molecular flexibility index (Phi) is 6.50. The van der Waals surface area contributed by atoms with Crippen molar-refractivity contribution in [1.29, 1.82) is 0 Å². The van der Waals surface area contributed by atoms with Crippen LogP contribution in [0.2, 0.25) is 5.15 Å². The van der Waals surface area contributed by atoms with Crippen LogP contribution in [0.15, 0.2) is 41.1 Å². The SMILES string of the molecule is CC(C(=O)NCc1ccco1)N(C(=O)c1ccc(Cl)nc1)C1CCCCC1. The van der Waals surface area contributed by atoms with Crippen molar-refractivity contribution >= 4 is 23.4 Å². The predicted octanol–water partition coefficient (Wildman–Crippen LogP) is 3.81. The normalized spacial score (nSPS) is 15.9. The first kappa shape index (κ1) is 19.4. The Morgan fingerprint density at radius 2 is 2.07 bits per heavy atom. The molecule has 0 radical (unpaired) electrons. The maximum absolute atomic E-state index is 13.2. The molecule has 1 saturated carbocycles. The Morgan fingerprint density at radius 1 is 1.30 bits per heavy atom. The first-order valence-corrected chi connectivity index (χ1v) is 9.68. The minimum absolute atomic E-state index is 0.0475. The molecular weight excluding hydrogens is 366 g/mol. The molecule has 0 bridgehead atoms. The van der Waals surface area contributed by atoms with Crippen molar-refractivity contribution in [3.05, 3.63) is 53.2 Å². The number of halogens is 1. The fourth-order valence-corrected chi connectivity index (χ4v) is 3.64. The van der Waals surface area contributed by atoms with Crippen molar-refractivity contribution in [1.82, 2.24) is 15.2 Å². The van der Waals surface area contributed by atoms with Gasteiger partial charge in [-0.05, 0) is 44.0 Å². The summed E-state index contributed by atoms with van der Waals surface area (Å²) < 4.78 is 5.25. The lowest BCUT2D eigenvalue weighted by Crippen LogP contribution is -2.53. The number of rotatable bonds is 6. The molecule has 0 aromatic carbocycles. The Labute approximate surface area is 163 Å². The van der Waals surface area contributed by atoms with Crippen LogP contribution in [0.5, 0.6) is 0 Å². The molecule has 27 heavy (non-hydrogen) atoms. The molecular formula is C20H24ClN3O3. The Balaban J connectivity index is 1.76.